The minimum absolute atomic E-state index is 0.684. The van der Waals surface area contributed by atoms with E-state index in [1.54, 1.807) is 13.4 Å². The molecule has 1 aliphatic carbocycles. The SMILES string of the molecule is C=CN(/C(=C\OC)CC)C1CC1. The van der Waals surface area contributed by atoms with E-state index >= 15 is 0 Å². The fourth-order valence-electron chi connectivity index (χ4n) is 1.32. The van der Waals surface area contributed by atoms with Crippen molar-refractivity contribution in [1.29, 1.82) is 0 Å². The third-order valence-corrected chi connectivity index (χ3v) is 2.08. The minimum Gasteiger partial charge on any atom is -0.503 e. The summed E-state index contributed by atoms with van der Waals surface area (Å²) in [5.41, 5.74) is 1.22. The molecule has 1 aliphatic rings. The highest BCUT2D eigenvalue weighted by molar-refractivity contribution is 5.07. The Morgan fingerprint density at radius 1 is 1.67 bits per heavy atom. The van der Waals surface area contributed by atoms with Gasteiger partial charge in [-0.05, 0) is 25.5 Å². The largest absolute Gasteiger partial charge is 0.503 e. The Labute approximate surface area is 74.5 Å². The van der Waals surface area contributed by atoms with Gasteiger partial charge in [-0.3, -0.25) is 0 Å². The highest BCUT2D eigenvalue weighted by Gasteiger charge is 2.28. The molecule has 0 saturated heterocycles. The molecule has 1 rings (SSSR count). The zero-order chi connectivity index (χ0) is 8.97. The molecule has 2 nitrogen and oxygen atoms in total. The van der Waals surface area contributed by atoms with Crippen LogP contribution in [0, 0.1) is 0 Å². The average Bonchev–Trinajstić information content (AvgIpc) is 2.88. The van der Waals surface area contributed by atoms with Crippen LogP contribution in [-0.2, 0) is 4.74 Å². The van der Waals surface area contributed by atoms with Crippen LogP contribution >= 0.6 is 0 Å². The molecule has 1 fully saturated rings. The quantitative estimate of drug-likeness (QED) is 0.583. The summed E-state index contributed by atoms with van der Waals surface area (Å²) in [6, 6.07) is 0.684. The van der Waals surface area contributed by atoms with E-state index in [0.29, 0.717) is 6.04 Å². The van der Waals surface area contributed by atoms with Crippen LogP contribution in [0.4, 0.5) is 0 Å². The van der Waals surface area contributed by atoms with E-state index in [2.05, 4.69) is 18.4 Å². The van der Waals surface area contributed by atoms with Crippen molar-refractivity contribution in [2.75, 3.05) is 7.11 Å². The van der Waals surface area contributed by atoms with Crippen LogP contribution in [0.2, 0.25) is 0 Å². The molecule has 0 N–H and O–H groups in total. The first kappa shape index (κ1) is 9.17. The number of hydrogen-bond acceptors (Lipinski definition) is 2. The van der Waals surface area contributed by atoms with Gasteiger partial charge < -0.3 is 9.64 Å². The highest BCUT2D eigenvalue weighted by Crippen LogP contribution is 2.30. The van der Waals surface area contributed by atoms with E-state index in [0.717, 1.165) is 6.42 Å². The van der Waals surface area contributed by atoms with Gasteiger partial charge in [0.15, 0.2) is 0 Å². The second-order valence-electron chi connectivity index (χ2n) is 3.02. The van der Waals surface area contributed by atoms with Gasteiger partial charge in [-0.1, -0.05) is 13.5 Å². The van der Waals surface area contributed by atoms with Crippen LogP contribution in [0.1, 0.15) is 26.2 Å². The number of hydrogen-bond donors (Lipinski definition) is 0. The molecular weight excluding hydrogens is 150 g/mol. The summed E-state index contributed by atoms with van der Waals surface area (Å²) in [6.07, 6.45) is 7.27. The maximum absolute atomic E-state index is 5.00. The Balaban J connectivity index is 2.59. The van der Waals surface area contributed by atoms with E-state index in [1.807, 2.05) is 6.20 Å². The Bertz CT molecular complexity index is 182. The second kappa shape index (κ2) is 4.19. The Morgan fingerprint density at radius 2 is 2.33 bits per heavy atom. The lowest BCUT2D eigenvalue weighted by Crippen LogP contribution is -2.18. The number of allylic oxidation sites excluding steroid dienone is 1. The zero-order valence-corrected chi connectivity index (χ0v) is 7.92. The Hall–Kier alpha value is -0.920. The predicted octanol–water partition coefficient (Wildman–Crippen LogP) is 2.49. The summed E-state index contributed by atoms with van der Waals surface area (Å²) in [4.78, 5) is 2.21. The standard InChI is InChI=1S/C10H17NO/c1-4-9(8-12-3)11(5-2)10-6-7-10/h5,8,10H,2,4,6-7H2,1,3H3/b9-8-. The lowest BCUT2D eigenvalue weighted by molar-refractivity contribution is 0.311. The minimum atomic E-state index is 0.684. The van der Waals surface area contributed by atoms with Crippen molar-refractivity contribution in [1.82, 2.24) is 4.90 Å². The predicted molar refractivity (Wildman–Crippen MR) is 50.4 cm³/mol. The van der Waals surface area contributed by atoms with Crippen molar-refractivity contribution in [2.24, 2.45) is 0 Å². The van der Waals surface area contributed by atoms with Gasteiger partial charge in [-0.15, -0.1) is 0 Å². The molecule has 0 atom stereocenters. The van der Waals surface area contributed by atoms with Crippen LogP contribution in [0.25, 0.3) is 0 Å². The summed E-state index contributed by atoms with van der Waals surface area (Å²) < 4.78 is 5.00. The molecule has 0 aliphatic heterocycles. The monoisotopic (exact) mass is 167 g/mol. The van der Waals surface area contributed by atoms with Crippen LogP contribution in [-0.4, -0.2) is 18.1 Å². The summed E-state index contributed by atoms with van der Waals surface area (Å²) in [5.74, 6) is 0. The average molecular weight is 167 g/mol. The molecule has 0 aromatic rings. The summed E-state index contributed by atoms with van der Waals surface area (Å²) >= 11 is 0. The first-order chi connectivity index (χ1) is 5.83. The van der Waals surface area contributed by atoms with Gasteiger partial charge in [0.2, 0.25) is 0 Å². The molecule has 1 saturated carbocycles. The van der Waals surface area contributed by atoms with E-state index in [4.69, 9.17) is 4.74 Å². The van der Waals surface area contributed by atoms with Gasteiger partial charge in [0.1, 0.15) is 6.26 Å². The number of ether oxygens (including phenoxy) is 1. The highest BCUT2D eigenvalue weighted by atomic mass is 16.5. The van der Waals surface area contributed by atoms with Crippen LogP contribution in [0.5, 0.6) is 0 Å². The molecule has 0 heterocycles. The summed E-state index contributed by atoms with van der Waals surface area (Å²) in [7, 11) is 1.68. The molecule has 12 heavy (non-hydrogen) atoms. The van der Waals surface area contributed by atoms with Gasteiger partial charge in [0.25, 0.3) is 0 Å². The van der Waals surface area contributed by atoms with Crippen LogP contribution in [0.3, 0.4) is 0 Å². The van der Waals surface area contributed by atoms with E-state index in [1.165, 1.54) is 18.5 Å². The Kier molecular flexibility index (Phi) is 3.20. The first-order valence-electron chi connectivity index (χ1n) is 4.46. The molecule has 0 spiro atoms. The molecule has 68 valence electrons. The van der Waals surface area contributed by atoms with Crippen molar-refractivity contribution in [3.05, 3.63) is 24.7 Å². The molecule has 0 aromatic heterocycles. The topological polar surface area (TPSA) is 12.5 Å². The molecule has 2 heteroatoms. The van der Waals surface area contributed by atoms with Crippen LogP contribution < -0.4 is 0 Å². The maximum Gasteiger partial charge on any atom is 0.102 e. The smallest absolute Gasteiger partial charge is 0.102 e. The van der Waals surface area contributed by atoms with Crippen LogP contribution in [0.15, 0.2) is 24.7 Å². The Morgan fingerprint density at radius 3 is 2.67 bits per heavy atom. The maximum atomic E-state index is 5.00. The van der Waals surface area contributed by atoms with Gasteiger partial charge in [0.05, 0.1) is 12.8 Å². The van der Waals surface area contributed by atoms with Crippen molar-refractivity contribution in [2.45, 2.75) is 32.2 Å². The number of nitrogens with zero attached hydrogens (tertiary/aromatic N) is 1. The molecule has 0 unspecified atom stereocenters. The molecule has 0 amide bonds. The van der Waals surface area contributed by atoms with Gasteiger partial charge in [0, 0.05) is 6.04 Å². The summed E-state index contributed by atoms with van der Waals surface area (Å²) in [6.45, 7) is 5.93. The van der Waals surface area contributed by atoms with Crippen molar-refractivity contribution in [3.63, 3.8) is 0 Å². The number of methoxy groups -OCH3 is 1. The molecule has 0 bridgehead atoms. The fourth-order valence-corrected chi connectivity index (χ4v) is 1.32. The zero-order valence-electron chi connectivity index (χ0n) is 7.92. The number of rotatable bonds is 5. The van der Waals surface area contributed by atoms with Crippen molar-refractivity contribution < 1.29 is 4.74 Å². The third-order valence-electron chi connectivity index (χ3n) is 2.08. The van der Waals surface area contributed by atoms with Crippen molar-refractivity contribution >= 4 is 0 Å². The molecule has 0 aromatic carbocycles. The van der Waals surface area contributed by atoms with Gasteiger partial charge in [-0.2, -0.15) is 0 Å². The fraction of sp³-hybridized carbons (Fsp3) is 0.600. The van der Waals surface area contributed by atoms with Gasteiger partial charge >= 0.3 is 0 Å². The van der Waals surface area contributed by atoms with Crippen molar-refractivity contribution in [3.8, 4) is 0 Å². The molecule has 0 radical (unpaired) electrons. The normalized spacial score (nSPS) is 17.3. The van der Waals surface area contributed by atoms with E-state index in [9.17, 15) is 0 Å². The lowest BCUT2D eigenvalue weighted by atomic mass is 10.3. The summed E-state index contributed by atoms with van der Waals surface area (Å²) in [5, 5.41) is 0. The first-order valence-corrected chi connectivity index (χ1v) is 4.46. The van der Waals surface area contributed by atoms with E-state index < -0.39 is 0 Å². The second-order valence-corrected chi connectivity index (χ2v) is 3.02. The third kappa shape index (κ3) is 2.03. The van der Waals surface area contributed by atoms with Gasteiger partial charge in [-0.25, -0.2) is 0 Å². The molecular formula is C10H17NO. The lowest BCUT2D eigenvalue weighted by Gasteiger charge is -2.21. The van der Waals surface area contributed by atoms with E-state index in [-0.39, 0.29) is 0 Å².